The Kier molecular flexibility index (Phi) is 5.01. The molecule has 0 bridgehead atoms. The van der Waals surface area contributed by atoms with Crippen LogP contribution in [-0.4, -0.2) is 39.5 Å². The summed E-state index contributed by atoms with van der Waals surface area (Å²) >= 11 is 6.22. The van der Waals surface area contributed by atoms with E-state index >= 15 is 0 Å². The Balaban J connectivity index is 1.69. The van der Waals surface area contributed by atoms with Gasteiger partial charge in [-0.3, -0.25) is 14.8 Å². The summed E-state index contributed by atoms with van der Waals surface area (Å²) in [6.45, 7) is 2.24. The largest absolute Gasteiger partial charge is 0.394 e. The Morgan fingerprint density at radius 3 is 2.71 bits per heavy atom. The third kappa shape index (κ3) is 3.37. The molecule has 1 aromatic carbocycles. The van der Waals surface area contributed by atoms with Crippen LogP contribution in [0.1, 0.15) is 24.5 Å². The molecule has 2 aromatic rings. The van der Waals surface area contributed by atoms with Crippen LogP contribution in [0, 0.1) is 10.1 Å². The van der Waals surface area contributed by atoms with Crippen molar-refractivity contribution in [3.05, 3.63) is 51.3 Å². The molecule has 0 saturated carbocycles. The molecule has 0 atom stereocenters. The molecule has 0 radical (unpaired) electrons. The number of hydrogen-bond donors (Lipinski definition) is 1. The van der Waals surface area contributed by atoms with Gasteiger partial charge in [0.05, 0.1) is 28.8 Å². The van der Waals surface area contributed by atoms with E-state index in [1.807, 2.05) is 10.7 Å². The van der Waals surface area contributed by atoms with Gasteiger partial charge in [0.25, 0.3) is 5.69 Å². The van der Waals surface area contributed by atoms with E-state index < -0.39 is 4.92 Å². The van der Waals surface area contributed by atoms with E-state index in [1.54, 1.807) is 12.3 Å². The highest BCUT2D eigenvalue weighted by molar-refractivity contribution is 6.33. The number of non-ortho nitro benzene ring substituents is 1. The number of nitro groups is 1. The third-order valence-electron chi connectivity index (χ3n) is 4.46. The summed E-state index contributed by atoms with van der Waals surface area (Å²) < 4.78 is 1.86. The first-order chi connectivity index (χ1) is 11.6. The van der Waals surface area contributed by atoms with Crippen molar-refractivity contribution in [1.29, 1.82) is 0 Å². The van der Waals surface area contributed by atoms with Crippen molar-refractivity contribution in [3.63, 3.8) is 0 Å². The number of aromatic nitrogens is 2. The zero-order chi connectivity index (χ0) is 17.1. The van der Waals surface area contributed by atoms with Crippen molar-refractivity contribution in [2.24, 2.45) is 0 Å². The number of aliphatic hydroxyl groups is 1. The Hall–Kier alpha value is -2.12. The lowest BCUT2D eigenvalue weighted by Crippen LogP contribution is -2.33. The van der Waals surface area contributed by atoms with Gasteiger partial charge in [-0.2, -0.15) is 5.10 Å². The molecule has 2 heterocycles. The zero-order valence-electron chi connectivity index (χ0n) is 13.1. The quantitative estimate of drug-likeness (QED) is 0.662. The SMILES string of the molecule is O=[N+]([O-])c1ccc(N2CCC(c3ccnn3CCO)CC2)c(Cl)c1. The number of hydrogen-bond acceptors (Lipinski definition) is 5. The summed E-state index contributed by atoms with van der Waals surface area (Å²) in [5.74, 6) is 0.395. The smallest absolute Gasteiger partial charge is 0.271 e. The second-order valence-corrected chi connectivity index (χ2v) is 6.26. The van der Waals surface area contributed by atoms with Crippen molar-refractivity contribution in [2.75, 3.05) is 24.6 Å². The number of nitrogens with zero attached hydrogens (tertiary/aromatic N) is 4. The summed E-state index contributed by atoms with van der Waals surface area (Å²) in [6, 6.07) is 6.62. The lowest BCUT2D eigenvalue weighted by Gasteiger charge is -2.34. The molecule has 0 aliphatic carbocycles. The molecule has 0 unspecified atom stereocenters. The number of anilines is 1. The van der Waals surface area contributed by atoms with Crippen LogP contribution in [0.2, 0.25) is 5.02 Å². The van der Waals surface area contributed by atoms with Crippen molar-refractivity contribution >= 4 is 23.0 Å². The minimum Gasteiger partial charge on any atom is -0.394 e. The van der Waals surface area contributed by atoms with Crippen molar-refractivity contribution in [2.45, 2.75) is 25.3 Å². The topological polar surface area (TPSA) is 84.4 Å². The van der Waals surface area contributed by atoms with E-state index in [9.17, 15) is 10.1 Å². The Labute approximate surface area is 144 Å². The van der Waals surface area contributed by atoms with Gasteiger partial charge in [0, 0.05) is 43.0 Å². The van der Waals surface area contributed by atoms with Gasteiger partial charge in [-0.25, -0.2) is 0 Å². The highest BCUT2D eigenvalue weighted by Crippen LogP contribution is 2.35. The first-order valence-corrected chi connectivity index (χ1v) is 8.29. The monoisotopic (exact) mass is 350 g/mol. The fraction of sp³-hybridized carbons (Fsp3) is 0.438. The normalized spacial score (nSPS) is 15.7. The Bertz CT molecular complexity index is 726. The van der Waals surface area contributed by atoms with Gasteiger partial charge in [-0.15, -0.1) is 0 Å². The number of piperidine rings is 1. The standard InChI is InChI=1S/C16H19ClN4O3/c17-14-11-13(21(23)24)1-2-16(14)19-7-4-12(5-8-19)15-3-6-18-20(15)9-10-22/h1-3,6,11-12,22H,4-5,7-10H2. The van der Waals surface area contributed by atoms with Crippen molar-refractivity contribution in [3.8, 4) is 0 Å². The maximum Gasteiger partial charge on any atom is 0.271 e. The first kappa shape index (κ1) is 16.7. The number of benzene rings is 1. The molecule has 3 rings (SSSR count). The molecule has 7 nitrogen and oxygen atoms in total. The lowest BCUT2D eigenvalue weighted by atomic mass is 9.93. The summed E-state index contributed by atoms with van der Waals surface area (Å²) in [6.07, 6.45) is 3.67. The van der Waals surface area contributed by atoms with Gasteiger partial charge in [0.1, 0.15) is 0 Å². The van der Waals surface area contributed by atoms with Gasteiger partial charge in [-0.1, -0.05) is 11.6 Å². The predicted octanol–water partition coefficient (Wildman–Crippen LogP) is 2.82. The molecular weight excluding hydrogens is 332 g/mol. The average Bonchev–Trinajstić information content (AvgIpc) is 3.03. The molecule has 1 fully saturated rings. The lowest BCUT2D eigenvalue weighted by molar-refractivity contribution is -0.384. The average molecular weight is 351 g/mol. The van der Waals surface area contributed by atoms with Crippen molar-refractivity contribution < 1.29 is 10.0 Å². The maximum absolute atomic E-state index is 10.8. The summed E-state index contributed by atoms with van der Waals surface area (Å²) in [4.78, 5) is 12.5. The van der Waals surface area contributed by atoms with E-state index in [-0.39, 0.29) is 12.3 Å². The molecule has 8 heteroatoms. The van der Waals surface area contributed by atoms with Gasteiger partial charge in [-0.05, 0) is 25.0 Å². The van der Waals surface area contributed by atoms with E-state index in [0.717, 1.165) is 37.3 Å². The third-order valence-corrected chi connectivity index (χ3v) is 4.76. The van der Waals surface area contributed by atoms with Crippen LogP contribution in [0.15, 0.2) is 30.5 Å². The molecule has 1 aromatic heterocycles. The molecule has 24 heavy (non-hydrogen) atoms. The summed E-state index contributed by atoms with van der Waals surface area (Å²) in [7, 11) is 0. The first-order valence-electron chi connectivity index (χ1n) is 7.91. The van der Waals surface area contributed by atoms with Gasteiger partial charge >= 0.3 is 0 Å². The Morgan fingerprint density at radius 2 is 2.08 bits per heavy atom. The number of halogens is 1. The summed E-state index contributed by atoms with van der Waals surface area (Å²) in [5, 5.41) is 24.6. The van der Waals surface area contributed by atoms with E-state index in [0.29, 0.717) is 17.5 Å². The molecule has 0 spiro atoms. The van der Waals surface area contributed by atoms with Crippen LogP contribution < -0.4 is 4.90 Å². The Morgan fingerprint density at radius 1 is 1.33 bits per heavy atom. The highest BCUT2D eigenvalue weighted by Gasteiger charge is 2.25. The molecule has 0 amide bonds. The fourth-order valence-electron chi connectivity index (χ4n) is 3.25. The van der Waals surface area contributed by atoms with Crippen LogP contribution in [0.4, 0.5) is 11.4 Å². The minimum absolute atomic E-state index is 0.00606. The van der Waals surface area contributed by atoms with Crippen LogP contribution in [0.3, 0.4) is 0 Å². The zero-order valence-corrected chi connectivity index (χ0v) is 13.9. The van der Waals surface area contributed by atoms with Gasteiger partial charge in [0.15, 0.2) is 0 Å². The summed E-state index contributed by atoms with van der Waals surface area (Å²) in [5.41, 5.74) is 2.00. The molecular formula is C16H19ClN4O3. The number of aliphatic hydroxyl groups excluding tert-OH is 1. The molecule has 128 valence electrons. The highest BCUT2D eigenvalue weighted by atomic mass is 35.5. The molecule has 1 saturated heterocycles. The van der Waals surface area contributed by atoms with Crippen LogP contribution >= 0.6 is 11.6 Å². The van der Waals surface area contributed by atoms with Crippen LogP contribution in [0.25, 0.3) is 0 Å². The number of nitro benzene ring substituents is 1. The van der Waals surface area contributed by atoms with E-state index in [1.165, 1.54) is 12.1 Å². The maximum atomic E-state index is 10.8. The second kappa shape index (κ2) is 7.19. The van der Waals surface area contributed by atoms with Crippen LogP contribution in [0.5, 0.6) is 0 Å². The van der Waals surface area contributed by atoms with E-state index in [4.69, 9.17) is 16.7 Å². The molecule has 1 aliphatic rings. The predicted molar refractivity (Wildman–Crippen MR) is 91.6 cm³/mol. The fourth-order valence-corrected chi connectivity index (χ4v) is 3.55. The molecule has 1 aliphatic heterocycles. The van der Waals surface area contributed by atoms with Crippen LogP contribution in [-0.2, 0) is 6.54 Å². The van der Waals surface area contributed by atoms with Gasteiger partial charge in [0.2, 0.25) is 0 Å². The molecule has 1 N–H and O–H groups in total. The number of rotatable bonds is 5. The minimum atomic E-state index is -0.440. The van der Waals surface area contributed by atoms with Gasteiger partial charge < -0.3 is 10.0 Å². The second-order valence-electron chi connectivity index (χ2n) is 5.86. The van der Waals surface area contributed by atoms with Crippen molar-refractivity contribution in [1.82, 2.24) is 9.78 Å². The van der Waals surface area contributed by atoms with E-state index in [2.05, 4.69) is 10.00 Å².